The number of likely N-dealkylation sites (tertiary alicyclic amines) is 1. The Kier molecular flexibility index (Phi) is 5.55. The van der Waals surface area contributed by atoms with E-state index in [1.54, 1.807) is 12.1 Å². The van der Waals surface area contributed by atoms with Crippen LogP contribution in [-0.2, 0) is 4.79 Å². The normalized spacial score (nSPS) is 20.2. The molecule has 3 rings (SSSR count). The molecule has 138 valence electrons. The zero-order valence-corrected chi connectivity index (χ0v) is 15.4. The molecule has 0 N–H and O–H groups in total. The van der Waals surface area contributed by atoms with Crippen molar-refractivity contribution in [3.63, 3.8) is 0 Å². The molecule has 2 unspecified atom stereocenters. The molecule has 0 saturated carbocycles. The molecule has 1 aromatic heterocycles. The van der Waals surface area contributed by atoms with Crippen LogP contribution in [0.5, 0.6) is 0 Å². The first-order valence-electron chi connectivity index (χ1n) is 8.41. The van der Waals surface area contributed by atoms with Crippen LogP contribution in [0.3, 0.4) is 0 Å². The third-order valence-electron chi connectivity index (χ3n) is 4.25. The molecule has 1 amide bonds. The topological polar surface area (TPSA) is 102 Å². The van der Waals surface area contributed by atoms with E-state index in [4.69, 9.17) is 4.42 Å². The molecule has 1 aliphatic rings. The van der Waals surface area contributed by atoms with Crippen molar-refractivity contribution in [2.75, 3.05) is 18.8 Å². The van der Waals surface area contributed by atoms with Crippen molar-refractivity contribution in [3.8, 4) is 11.5 Å². The molecule has 9 heteroatoms. The van der Waals surface area contributed by atoms with Gasteiger partial charge in [-0.15, -0.1) is 10.2 Å². The number of aromatic nitrogens is 2. The van der Waals surface area contributed by atoms with Gasteiger partial charge in [0.1, 0.15) is 0 Å². The maximum absolute atomic E-state index is 12.4. The molecule has 0 radical (unpaired) electrons. The van der Waals surface area contributed by atoms with E-state index in [1.165, 1.54) is 23.9 Å². The first kappa shape index (κ1) is 18.4. The van der Waals surface area contributed by atoms with Gasteiger partial charge in [0.05, 0.1) is 10.7 Å². The highest BCUT2D eigenvalue weighted by atomic mass is 32.2. The highest BCUT2D eigenvalue weighted by Gasteiger charge is 2.25. The molecule has 1 saturated heterocycles. The fraction of sp³-hybridized carbons (Fsp3) is 0.471. The van der Waals surface area contributed by atoms with E-state index >= 15 is 0 Å². The fourth-order valence-corrected chi connectivity index (χ4v) is 3.88. The number of non-ortho nitro benzene ring substituents is 1. The largest absolute Gasteiger partial charge is 0.411 e. The van der Waals surface area contributed by atoms with Gasteiger partial charge in [0, 0.05) is 30.8 Å². The quantitative estimate of drug-likeness (QED) is 0.448. The van der Waals surface area contributed by atoms with Crippen LogP contribution in [0.1, 0.15) is 20.3 Å². The number of nitro groups is 1. The lowest BCUT2D eigenvalue weighted by Gasteiger charge is -2.34. The number of rotatable bonds is 5. The Morgan fingerprint density at radius 2 is 2.08 bits per heavy atom. The Morgan fingerprint density at radius 3 is 2.77 bits per heavy atom. The van der Waals surface area contributed by atoms with E-state index in [-0.39, 0.29) is 28.5 Å². The summed E-state index contributed by atoms with van der Waals surface area (Å²) in [4.78, 5) is 24.7. The van der Waals surface area contributed by atoms with Gasteiger partial charge in [-0.2, -0.15) is 0 Å². The average molecular weight is 376 g/mol. The molecule has 1 fully saturated rings. The van der Waals surface area contributed by atoms with E-state index in [2.05, 4.69) is 24.0 Å². The Balaban J connectivity index is 1.61. The Morgan fingerprint density at radius 1 is 1.35 bits per heavy atom. The molecular formula is C17H20N4O4S. The van der Waals surface area contributed by atoms with Gasteiger partial charge in [-0.25, -0.2) is 0 Å². The summed E-state index contributed by atoms with van der Waals surface area (Å²) in [5.74, 6) is 1.51. The number of carbonyl (C=O) groups is 1. The zero-order valence-electron chi connectivity index (χ0n) is 14.6. The molecule has 2 aromatic rings. The second-order valence-electron chi connectivity index (χ2n) is 6.71. The second kappa shape index (κ2) is 7.86. The maximum Gasteiger partial charge on any atom is 0.277 e. The molecule has 0 aliphatic carbocycles. The summed E-state index contributed by atoms with van der Waals surface area (Å²) in [6.45, 7) is 5.89. The van der Waals surface area contributed by atoms with Gasteiger partial charge in [0.25, 0.3) is 10.9 Å². The summed E-state index contributed by atoms with van der Waals surface area (Å²) in [7, 11) is 0. The van der Waals surface area contributed by atoms with Crippen molar-refractivity contribution in [2.45, 2.75) is 25.5 Å². The highest BCUT2D eigenvalue weighted by molar-refractivity contribution is 7.99. The Bertz CT molecular complexity index is 800. The molecule has 1 aliphatic heterocycles. The summed E-state index contributed by atoms with van der Waals surface area (Å²) in [6.07, 6.45) is 1.15. The SMILES string of the molecule is CC1CC(C)CN(C(=O)CSc2nnc(-c3cccc([N+](=O)[O-])c3)o2)C1. The number of carbonyl (C=O) groups excluding carboxylic acids is 1. The summed E-state index contributed by atoms with van der Waals surface area (Å²) in [5.41, 5.74) is 0.432. The van der Waals surface area contributed by atoms with Gasteiger partial charge in [0.15, 0.2) is 0 Å². The number of nitrogens with zero attached hydrogens (tertiary/aromatic N) is 4. The van der Waals surface area contributed by atoms with Crippen LogP contribution in [0.4, 0.5) is 5.69 Å². The van der Waals surface area contributed by atoms with Crippen LogP contribution in [0, 0.1) is 22.0 Å². The van der Waals surface area contributed by atoms with E-state index in [0.29, 0.717) is 17.4 Å². The summed E-state index contributed by atoms with van der Waals surface area (Å²) < 4.78 is 5.53. The number of hydrogen-bond donors (Lipinski definition) is 0. The monoisotopic (exact) mass is 376 g/mol. The predicted molar refractivity (Wildman–Crippen MR) is 96.6 cm³/mol. The van der Waals surface area contributed by atoms with Crippen molar-refractivity contribution in [2.24, 2.45) is 11.8 Å². The Labute approximate surface area is 155 Å². The van der Waals surface area contributed by atoms with Crippen molar-refractivity contribution in [1.82, 2.24) is 15.1 Å². The van der Waals surface area contributed by atoms with Gasteiger partial charge in [-0.3, -0.25) is 14.9 Å². The lowest BCUT2D eigenvalue weighted by molar-refractivity contribution is -0.384. The second-order valence-corrected chi connectivity index (χ2v) is 7.64. The van der Waals surface area contributed by atoms with Gasteiger partial charge in [0.2, 0.25) is 11.8 Å². The maximum atomic E-state index is 12.4. The summed E-state index contributed by atoms with van der Waals surface area (Å²) >= 11 is 1.19. The summed E-state index contributed by atoms with van der Waals surface area (Å²) in [5, 5.41) is 19.0. The number of thioether (sulfide) groups is 1. The third-order valence-corrected chi connectivity index (χ3v) is 5.05. The smallest absolute Gasteiger partial charge is 0.277 e. The molecule has 0 bridgehead atoms. The van der Waals surface area contributed by atoms with Crippen molar-refractivity contribution in [3.05, 3.63) is 34.4 Å². The number of piperidine rings is 1. The van der Waals surface area contributed by atoms with E-state index in [0.717, 1.165) is 19.5 Å². The molecule has 2 heterocycles. The van der Waals surface area contributed by atoms with Gasteiger partial charge in [-0.05, 0) is 24.3 Å². The van der Waals surface area contributed by atoms with E-state index < -0.39 is 4.92 Å². The number of amides is 1. The van der Waals surface area contributed by atoms with Crippen LogP contribution in [0.25, 0.3) is 11.5 Å². The average Bonchev–Trinajstić information content (AvgIpc) is 3.08. The molecule has 26 heavy (non-hydrogen) atoms. The van der Waals surface area contributed by atoms with Gasteiger partial charge >= 0.3 is 0 Å². The van der Waals surface area contributed by atoms with Crippen LogP contribution >= 0.6 is 11.8 Å². The minimum Gasteiger partial charge on any atom is -0.411 e. The minimum absolute atomic E-state index is 0.0431. The van der Waals surface area contributed by atoms with Crippen LogP contribution in [0.15, 0.2) is 33.9 Å². The molecule has 1 aromatic carbocycles. The fourth-order valence-electron chi connectivity index (χ4n) is 3.22. The standard InChI is InChI=1S/C17H20N4O4S/c1-11-6-12(2)9-20(8-11)15(22)10-26-17-19-18-16(25-17)13-4-3-5-14(7-13)21(23)24/h3-5,7,11-12H,6,8-10H2,1-2H3. The lowest BCUT2D eigenvalue weighted by Crippen LogP contribution is -2.43. The van der Waals surface area contributed by atoms with Gasteiger partial charge < -0.3 is 9.32 Å². The van der Waals surface area contributed by atoms with Crippen LogP contribution < -0.4 is 0 Å². The van der Waals surface area contributed by atoms with Crippen molar-refractivity contribution in [1.29, 1.82) is 0 Å². The molecule has 2 atom stereocenters. The van der Waals surface area contributed by atoms with E-state index in [1.807, 2.05) is 4.90 Å². The van der Waals surface area contributed by atoms with Crippen molar-refractivity contribution < 1.29 is 14.1 Å². The Hall–Kier alpha value is -2.42. The zero-order chi connectivity index (χ0) is 18.7. The lowest BCUT2D eigenvalue weighted by atomic mass is 9.92. The van der Waals surface area contributed by atoms with Crippen LogP contribution in [-0.4, -0.2) is 44.8 Å². The number of hydrogen-bond acceptors (Lipinski definition) is 7. The minimum atomic E-state index is -0.477. The first-order valence-corrected chi connectivity index (χ1v) is 9.40. The number of nitro benzene ring substituents is 1. The summed E-state index contributed by atoms with van der Waals surface area (Å²) in [6, 6.07) is 6.00. The molecule has 8 nitrogen and oxygen atoms in total. The van der Waals surface area contributed by atoms with E-state index in [9.17, 15) is 14.9 Å². The first-order chi connectivity index (χ1) is 12.4. The highest BCUT2D eigenvalue weighted by Crippen LogP contribution is 2.27. The predicted octanol–water partition coefficient (Wildman–Crippen LogP) is 3.24. The number of benzene rings is 1. The van der Waals surface area contributed by atoms with Crippen LogP contribution in [0.2, 0.25) is 0 Å². The van der Waals surface area contributed by atoms with Gasteiger partial charge in [-0.1, -0.05) is 31.7 Å². The van der Waals surface area contributed by atoms with Crippen molar-refractivity contribution >= 4 is 23.4 Å². The molecule has 0 spiro atoms. The molecular weight excluding hydrogens is 356 g/mol. The third kappa shape index (κ3) is 4.40.